The van der Waals surface area contributed by atoms with Gasteiger partial charge in [0.2, 0.25) is 0 Å². The van der Waals surface area contributed by atoms with Crippen molar-refractivity contribution in [3.8, 4) is 0 Å². The summed E-state index contributed by atoms with van der Waals surface area (Å²) < 4.78 is 2.44. The third kappa shape index (κ3) is 5.02. The Morgan fingerprint density at radius 2 is 1.47 bits per heavy atom. The molecule has 1 heterocycles. The van der Waals surface area contributed by atoms with Gasteiger partial charge in [-0.25, -0.2) is 0 Å². The number of hydrogen-bond donors (Lipinski definition) is 0. The van der Waals surface area contributed by atoms with E-state index in [0.29, 0.717) is 5.92 Å². The lowest BCUT2D eigenvalue weighted by Crippen LogP contribution is -2.12. The van der Waals surface area contributed by atoms with E-state index in [1.807, 2.05) is 0 Å². The second-order valence-corrected chi connectivity index (χ2v) is 13.2. The van der Waals surface area contributed by atoms with E-state index >= 15 is 0 Å². The maximum absolute atomic E-state index is 2.52. The molecule has 1 heteroatoms. The van der Waals surface area contributed by atoms with Gasteiger partial charge in [0.15, 0.2) is 0 Å². The predicted molar refractivity (Wildman–Crippen MR) is 204 cm³/mol. The molecule has 0 saturated heterocycles. The normalized spacial score (nSPS) is 14.8. The predicted octanol–water partition coefficient (Wildman–Crippen LogP) is 12.6. The van der Waals surface area contributed by atoms with Crippen LogP contribution in [0.5, 0.6) is 0 Å². The fourth-order valence-electron chi connectivity index (χ4n) is 8.18. The van der Waals surface area contributed by atoms with Crippen molar-refractivity contribution in [2.75, 3.05) is 0 Å². The Hall–Kier alpha value is -5.14. The average molecular weight is 608 g/mol. The molecule has 1 aliphatic rings. The summed E-state index contributed by atoms with van der Waals surface area (Å²) in [6.45, 7) is 6.74. The minimum absolute atomic E-state index is 0.282. The van der Waals surface area contributed by atoms with Crippen molar-refractivity contribution in [3.63, 3.8) is 0 Å². The zero-order valence-electron chi connectivity index (χ0n) is 27.6. The van der Waals surface area contributed by atoms with E-state index in [9.17, 15) is 0 Å². The van der Waals surface area contributed by atoms with E-state index in [4.69, 9.17) is 0 Å². The van der Waals surface area contributed by atoms with Crippen molar-refractivity contribution < 1.29 is 0 Å². The molecule has 0 saturated carbocycles. The highest BCUT2D eigenvalue weighted by Crippen LogP contribution is 2.44. The number of aryl methyl sites for hydroxylation is 1. The molecule has 0 N–H and O–H groups in total. The van der Waals surface area contributed by atoms with Gasteiger partial charge in [-0.2, -0.15) is 0 Å². The first kappa shape index (κ1) is 29.3. The van der Waals surface area contributed by atoms with Crippen LogP contribution in [-0.4, -0.2) is 4.57 Å². The van der Waals surface area contributed by atoms with Crippen molar-refractivity contribution in [1.82, 2.24) is 4.57 Å². The summed E-state index contributed by atoms with van der Waals surface area (Å²) in [6, 6.07) is 43.3. The SMILES string of the molecule is C/C=C\C=C(/C)n1c2ccccc2c2c(C(Cc3ccccc3)[C@@H](C)c3ccc4c(c3)c3c(c5ccccc54)CCC=C3)cccc21. The van der Waals surface area contributed by atoms with Crippen LogP contribution in [0.1, 0.15) is 66.8 Å². The molecule has 2 atom stereocenters. The van der Waals surface area contributed by atoms with Gasteiger partial charge in [0, 0.05) is 16.5 Å². The highest BCUT2D eigenvalue weighted by atomic mass is 15.0. The molecule has 0 bridgehead atoms. The van der Waals surface area contributed by atoms with E-state index in [0.717, 1.165) is 19.3 Å². The molecule has 0 aliphatic heterocycles. The van der Waals surface area contributed by atoms with Crippen LogP contribution >= 0.6 is 0 Å². The molecule has 0 amide bonds. The topological polar surface area (TPSA) is 4.93 Å². The van der Waals surface area contributed by atoms with Gasteiger partial charge in [-0.05, 0) is 113 Å². The highest BCUT2D eigenvalue weighted by molar-refractivity contribution is 6.14. The fourth-order valence-corrected chi connectivity index (χ4v) is 8.18. The number of nitrogens with zero attached hydrogens (tertiary/aromatic N) is 1. The van der Waals surface area contributed by atoms with Gasteiger partial charge in [-0.3, -0.25) is 0 Å². The third-order valence-electron chi connectivity index (χ3n) is 10.5. The standard InChI is InChI=1S/C46H41N/c1-4-5-16-31(2)47-44-25-14-13-23-41(44)46-40(24-15-26-45(46)47)42(29-33-17-7-6-8-18-33)32(3)34-27-28-39-37-21-10-9-19-35(37)36-20-11-12-22-38(36)43(39)30-34/h4-10,12-19,21-28,30,32,42H,11,20,29H2,1-3H3/b5-4-,31-16+/t32-,42?/m0/s1. The molecule has 6 aromatic carbocycles. The number of hydrogen-bond acceptors (Lipinski definition) is 0. The Morgan fingerprint density at radius 1 is 0.745 bits per heavy atom. The molecular formula is C46H41N. The second-order valence-electron chi connectivity index (χ2n) is 13.2. The Bertz CT molecular complexity index is 2360. The molecule has 1 nitrogen and oxygen atoms in total. The van der Waals surface area contributed by atoms with Crippen LogP contribution < -0.4 is 0 Å². The summed E-state index contributed by atoms with van der Waals surface area (Å²) >= 11 is 0. The Kier molecular flexibility index (Phi) is 7.62. The number of aromatic nitrogens is 1. The number of fused-ring (bicyclic) bond motifs is 9. The van der Waals surface area contributed by atoms with Crippen molar-refractivity contribution in [1.29, 1.82) is 0 Å². The van der Waals surface area contributed by atoms with E-state index in [2.05, 4.69) is 171 Å². The van der Waals surface area contributed by atoms with Crippen LogP contribution in [0.3, 0.4) is 0 Å². The number of allylic oxidation sites excluding steroid dienone is 5. The van der Waals surface area contributed by atoms with Gasteiger partial charge in [0.05, 0.1) is 11.0 Å². The molecule has 7 aromatic rings. The maximum Gasteiger partial charge on any atom is 0.0540 e. The Labute approximate surface area is 278 Å². The van der Waals surface area contributed by atoms with Crippen LogP contribution in [0, 0.1) is 0 Å². The van der Waals surface area contributed by atoms with E-state index in [-0.39, 0.29) is 5.92 Å². The molecule has 1 aliphatic carbocycles. The summed E-state index contributed by atoms with van der Waals surface area (Å²) in [5.41, 5.74) is 10.9. The zero-order valence-corrected chi connectivity index (χ0v) is 27.6. The molecule has 0 fully saturated rings. The summed E-state index contributed by atoms with van der Waals surface area (Å²) in [5.74, 6) is 0.575. The summed E-state index contributed by atoms with van der Waals surface area (Å²) in [5, 5.41) is 8.21. The zero-order chi connectivity index (χ0) is 31.9. The van der Waals surface area contributed by atoms with Gasteiger partial charge < -0.3 is 4.57 Å². The van der Waals surface area contributed by atoms with Crippen LogP contribution in [-0.2, 0) is 12.8 Å². The van der Waals surface area contributed by atoms with Crippen molar-refractivity contribution in [3.05, 3.63) is 167 Å². The van der Waals surface area contributed by atoms with Crippen LogP contribution in [0.4, 0.5) is 0 Å². The molecule has 1 unspecified atom stereocenters. The molecule has 1 aromatic heterocycles. The average Bonchev–Trinajstić information content (AvgIpc) is 3.48. The number of benzene rings is 6. The monoisotopic (exact) mass is 607 g/mol. The van der Waals surface area contributed by atoms with Gasteiger partial charge in [-0.15, -0.1) is 0 Å². The van der Waals surface area contributed by atoms with Crippen LogP contribution in [0.15, 0.2) is 140 Å². The second kappa shape index (κ2) is 12.2. The van der Waals surface area contributed by atoms with Crippen molar-refractivity contribution in [2.24, 2.45) is 0 Å². The lowest BCUT2D eigenvalue weighted by atomic mass is 9.76. The molecular weight excluding hydrogens is 567 g/mol. The highest BCUT2D eigenvalue weighted by Gasteiger charge is 2.27. The summed E-state index contributed by atoms with van der Waals surface area (Å²) in [4.78, 5) is 0. The first-order valence-electron chi connectivity index (χ1n) is 17.1. The maximum atomic E-state index is 2.52. The molecule has 230 valence electrons. The van der Waals surface area contributed by atoms with E-state index < -0.39 is 0 Å². The minimum atomic E-state index is 0.282. The molecule has 8 rings (SSSR count). The van der Waals surface area contributed by atoms with E-state index in [1.165, 1.54) is 76.9 Å². The summed E-state index contributed by atoms with van der Waals surface area (Å²) in [6.07, 6.45) is 14.4. The molecule has 0 spiro atoms. The quantitative estimate of drug-likeness (QED) is 0.125. The third-order valence-corrected chi connectivity index (χ3v) is 10.5. The number of rotatable bonds is 7. The lowest BCUT2D eigenvalue weighted by Gasteiger charge is -2.27. The van der Waals surface area contributed by atoms with Crippen LogP contribution in [0.25, 0.3) is 55.1 Å². The van der Waals surface area contributed by atoms with Crippen molar-refractivity contribution >= 4 is 55.1 Å². The minimum Gasteiger partial charge on any atom is -0.313 e. The van der Waals surface area contributed by atoms with Gasteiger partial charge in [0.1, 0.15) is 0 Å². The van der Waals surface area contributed by atoms with E-state index in [1.54, 1.807) is 0 Å². The molecule has 47 heavy (non-hydrogen) atoms. The van der Waals surface area contributed by atoms with Gasteiger partial charge >= 0.3 is 0 Å². The first-order chi connectivity index (χ1) is 23.1. The Balaban J connectivity index is 1.35. The Morgan fingerprint density at radius 3 is 2.30 bits per heavy atom. The fraction of sp³-hybridized carbons (Fsp3) is 0.174. The summed E-state index contributed by atoms with van der Waals surface area (Å²) in [7, 11) is 0. The van der Waals surface area contributed by atoms with Crippen LogP contribution in [0.2, 0.25) is 0 Å². The van der Waals surface area contributed by atoms with Gasteiger partial charge in [-0.1, -0.05) is 134 Å². The first-order valence-corrected chi connectivity index (χ1v) is 17.1. The molecule has 0 radical (unpaired) electrons. The van der Waals surface area contributed by atoms with Crippen molar-refractivity contribution in [2.45, 2.75) is 51.9 Å². The van der Waals surface area contributed by atoms with Gasteiger partial charge in [0.25, 0.3) is 0 Å². The lowest BCUT2D eigenvalue weighted by molar-refractivity contribution is 0.576. The smallest absolute Gasteiger partial charge is 0.0540 e. The number of para-hydroxylation sites is 1. The largest absolute Gasteiger partial charge is 0.313 e.